The van der Waals surface area contributed by atoms with Gasteiger partial charge < -0.3 is 10.2 Å². The van der Waals surface area contributed by atoms with Gasteiger partial charge in [-0.3, -0.25) is 4.90 Å². The van der Waals surface area contributed by atoms with Crippen LogP contribution < -0.4 is 5.73 Å². The van der Waals surface area contributed by atoms with Crippen molar-refractivity contribution in [3.05, 3.63) is 35.6 Å². The van der Waals surface area contributed by atoms with Crippen molar-refractivity contribution < 1.29 is 17.6 Å². The van der Waals surface area contributed by atoms with Crippen molar-refractivity contribution in [1.82, 2.24) is 4.90 Å². The first-order valence-corrected chi connectivity index (χ1v) is 6.98. The zero-order valence-electron chi connectivity index (χ0n) is 11.5. The number of furan rings is 1. The maximum absolute atomic E-state index is 12.7. The van der Waals surface area contributed by atoms with Gasteiger partial charge in [0.15, 0.2) is 0 Å². The van der Waals surface area contributed by atoms with Gasteiger partial charge in [-0.15, -0.1) is 0 Å². The molecule has 1 aliphatic rings. The highest BCUT2D eigenvalue weighted by Crippen LogP contribution is 2.34. The summed E-state index contributed by atoms with van der Waals surface area (Å²) in [5.41, 5.74) is 7.13. The zero-order valence-corrected chi connectivity index (χ0v) is 11.5. The van der Waals surface area contributed by atoms with E-state index in [2.05, 4.69) is 0 Å². The zero-order chi connectivity index (χ0) is 15.0. The molecule has 3 nitrogen and oxygen atoms in total. The second-order valence-electron chi connectivity index (χ2n) is 5.46. The van der Waals surface area contributed by atoms with Crippen molar-refractivity contribution >= 4 is 11.0 Å². The Bertz CT molecular complexity index is 631. The Morgan fingerprint density at radius 2 is 1.95 bits per heavy atom. The molecule has 0 radical (unpaired) electrons. The van der Waals surface area contributed by atoms with Gasteiger partial charge in [-0.2, -0.15) is 13.2 Å². The Hall–Kier alpha value is -1.53. The summed E-state index contributed by atoms with van der Waals surface area (Å²) >= 11 is 0. The summed E-state index contributed by atoms with van der Waals surface area (Å²) in [6.45, 7) is -0.469. The van der Waals surface area contributed by atoms with Gasteiger partial charge in [0.2, 0.25) is 0 Å². The predicted molar refractivity (Wildman–Crippen MR) is 73.6 cm³/mol. The lowest BCUT2D eigenvalue weighted by atomic mass is 10.1. The molecule has 1 fully saturated rings. The third kappa shape index (κ3) is 3.22. The van der Waals surface area contributed by atoms with E-state index >= 15 is 0 Å². The maximum Gasteiger partial charge on any atom is 0.401 e. The van der Waals surface area contributed by atoms with Gasteiger partial charge in [0.1, 0.15) is 11.3 Å². The summed E-state index contributed by atoms with van der Waals surface area (Å²) in [6.07, 6.45) is -2.54. The van der Waals surface area contributed by atoms with Gasteiger partial charge in [-0.05, 0) is 18.9 Å². The number of benzene rings is 1. The number of nitrogens with zero attached hydrogens (tertiary/aromatic N) is 1. The molecule has 0 aliphatic heterocycles. The molecule has 1 aromatic carbocycles. The summed E-state index contributed by atoms with van der Waals surface area (Å²) in [5, 5.41) is 0.853. The molecule has 2 aromatic rings. The molecule has 3 rings (SSSR count). The highest BCUT2D eigenvalue weighted by Gasteiger charge is 2.38. The minimum Gasteiger partial charge on any atom is -0.459 e. The number of para-hydroxylation sites is 1. The number of fused-ring (bicyclic) bond motifs is 1. The van der Waals surface area contributed by atoms with Crippen molar-refractivity contribution in [2.45, 2.75) is 38.1 Å². The topological polar surface area (TPSA) is 42.4 Å². The molecule has 114 valence electrons. The van der Waals surface area contributed by atoms with Crippen LogP contribution in [0.3, 0.4) is 0 Å². The van der Waals surface area contributed by atoms with Gasteiger partial charge in [-0.1, -0.05) is 18.2 Å². The summed E-state index contributed by atoms with van der Waals surface area (Å²) in [5.74, 6) is 0.573. The van der Waals surface area contributed by atoms with Crippen LogP contribution >= 0.6 is 0 Å². The number of halogens is 3. The molecule has 2 N–H and O–H groups in total. The summed E-state index contributed by atoms with van der Waals surface area (Å²) in [4.78, 5) is 1.48. The molecule has 0 bridgehead atoms. The number of hydrogen-bond donors (Lipinski definition) is 1. The Kier molecular flexibility index (Phi) is 3.67. The minimum atomic E-state index is -4.19. The van der Waals surface area contributed by atoms with E-state index in [-0.39, 0.29) is 19.1 Å². The first-order valence-electron chi connectivity index (χ1n) is 6.98. The van der Waals surface area contributed by atoms with Gasteiger partial charge in [-0.25, -0.2) is 0 Å². The SMILES string of the molecule is NCc1oc2ccccc2c1CN(CC(F)(F)F)C1CC1. The molecule has 0 spiro atoms. The molecule has 21 heavy (non-hydrogen) atoms. The molecule has 1 aromatic heterocycles. The van der Waals surface area contributed by atoms with E-state index < -0.39 is 12.7 Å². The molecule has 0 unspecified atom stereocenters. The lowest BCUT2D eigenvalue weighted by Gasteiger charge is -2.23. The Labute approximate surface area is 120 Å². The second kappa shape index (κ2) is 5.35. The Morgan fingerprint density at radius 1 is 1.24 bits per heavy atom. The predicted octanol–water partition coefficient (Wildman–Crippen LogP) is 3.42. The van der Waals surface area contributed by atoms with Crippen molar-refractivity contribution in [1.29, 1.82) is 0 Å². The first kappa shape index (κ1) is 14.4. The smallest absolute Gasteiger partial charge is 0.401 e. The van der Waals surface area contributed by atoms with Crippen LogP contribution in [0.1, 0.15) is 24.2 Å². The van der Waals surface area contributed by atoms with Crippen molar-refractivity contribution in [3.63, 3.8) is 0 Å². The third-order valence-corrected chi connectivity index (χ3v) is 3.77. The van der Waals surface area contributed by atoms with E-state index in [1.807, 2.05) is 24.3 Å². The standard InChI is InChI=1S/C15H17F3N2O/c16-15(17,18)9-20(10-5-6-10)8-12-11-3-1-2-4-13(11)21-14(12)7-19/h1-4,10H,5-9,19H2. The average molecular weight is 298 g/mol. The van der Waals surface area contributed by atoms with Crippen LogP contribution in [-0.4, -0.2) is 23.7 Å². The molecule has 0 amide bonds. The molecular weight excluding hydrogens is 281 g/mol. The molecule has 6 heteroatoms. The average Bonchev–Trinajstić information content (AvgIpc) is 3.20. The highest BCUT2D eigenvalue weighted by molar-refractivity contribution is 5.82. The van der Waals surface area contributed by atoms with Crippen LogP contribution in [0.15, 0.2) is 28.7 Å². The van der Waals surface area contributed by atoms with Gasteiger partial charge in [0.05, 0.1) is 13.1 Å². The van der Waals surface area contributed by atoms with Gasteiger partial charge in [0, 0.05) is 23.5 Å². The fraction of sp³-hybridized carbons (Fsp3) is 0.467. The fourth-order valence-electron chi connectivity index (χ4n) is 2.67. The van der Waals surface area contributed by atoms with E-state index in [1.165, 1.54) is 4.90 Å². The summed E-state index contributed by atoms with van der Waals surface area (Å²) in [7, 11) is 0. The second-order valence-corrected chi connectivity index (χ2v) is 5.46. The first-order chi connectivity index (χ1) is 9.98. The maximum atomic E-state index is 12.7. The van der Waals surface area contributed by atoms with Gasteiger partial charge in [0.25, 0.3) is 0 Å². The van der Waals surface area contributed by atoms with Gasteiger partial charge >= 0.3 is 6.18 Å². The van der Waals surface area contributed by atoms with Crippen LogP contribution in [0.5, 0.6) is 0 Å². The molecule has 1 aliphatic carbocycles. The third-order valence-electron chi connectivity index (χ3n) is 3.77. The van der Waals surface area contributed by atoms with E-state index in [0.717, 1.165) is 23.8 Å². The quantitative estimate of drug-likeness (QED) is 0.919. The molecular formula is C15H17F3N2O. The number of hydrogen-bond acceptors (Lipinski definition) is 3. The van der Waals surface area contributed by atoms with E-state index in [9.17, 15) is 13.2 Å². The number of nitrogens with two attached hydrogens (primary N) is 1. The highest BCUT2D eigenvalue weighted by atomic mass is 19.4. The lowest BCUT2D eigenvalue weighted by molar-refractivity contribution is -0.148. The van der Waals surface area contributed by atoms with Crippen LogP contribution in [0.4, 0.5) is 13.2 Å². The Balaban J connectivity index is 1.91. The van der Waals surface area contributed by atoms with Crippen molar-refractivity contribution in [2.24, 2.45) is 5.73 Å². The summed E-state index contributed by atoms with van der Waals surface area (Å²) < 4.78 is 43.8. The van der Waals surface area contributed by atoms with Crippen molar-refractivity contribution in [3.8, 4) is 0 Å². The molecule has 1 heterocycles. The lowest BCUT2D eigenvalue weighted by Crippen LogP contribution is -2.35. The molecule has 0 saturated heterocycles. The van der Waals surface area contributed by atoms with Crippen LogP contribution in [0.25, 0.3) is 11.0 Å². The normalized spacial score (nSPS) is 16.0. The van der Waals surface area contributed by atoms with Crippen molar-refractivity contribution in [2.75, 3.05) is 6.54 Å². The van der Waals surface area contributed by atoms with E-state index in [0.29, 0.717) is 11.3 Å². The molecule has 0 atom stereocenters. The van der Waals surface area contributed by atoms with E-state index in [4.69, 9.17) is 10.2 Å². The van der Waals surface area contributed by atoms with Crippen LogP contribution in [-0.2, 0) is 13.1 Å². The monoisotopic (exact) mass is 298 g/mol. The number of alkyl halides is 3. The van der Waals surface area contributed by atoms with E-state index in [1.54, 1.807) is 0 Å². The number of rotatable bonds is 5. The Morgan fingerprint density at radius 3 is 2.57 bits per heavy atom. The summed E-state index contributed by atoms with van der Waals surface area (Å²) in [6, 6.07) is 7.39. The molecule has 1 saturated carbocycles. The van der Waals surface area contributed by atoms with Crippen LogP contribution in [0, 0.1) is 0 Å². The van der Waals surface area contributed by atoms with Crippen LogP contribution in [0.2, 0.25) is 0 Å². The minimum absolute atomic E-state index is 0.0194. The largest absolute Gasteiger partial charge is 0.459 e. The fourth-order valence-corrected chi connectivity index (χ4v) is 2.67.